The molecule has 1 fully saturated rings. The van der Waals surface area contributed by atoms with Crippen LogP contribution in [0.25, 0.3) is 5.57 Å². The number of nitrogens with zero attached hydrogens (tertiary/aromatic N) is 2. The minimum Gasteiger partial charge on any atom is -0.481 e. The number of amides is 1. The second kappa shape index (κ2) is 9.14. The Morgan fingerprint density at radius 2 is 1.92 bits per heavy atom. The first-order valence-corrected chi connectivity index (χ1v) is 12.2. The predicted molar refractivity (Wildman–Crippen MR) is 134 cm³/mol. The number of aliphatic carboxylic acids is 1. The van der Waals surface area contributed by atoms with Gasteiger partial charge in [0.05, 0.1) is 11.6 Å². The molecule has 1 amide bonds. The monoisotopic (exact) mass is 507 g/mol. The van der Waals surface area contributed by atoms with E-state index in [2.05, 4.69) is 10.4 Å². The zero-order chi connectivity index (χ0) is 26.3. The van der Waals surface area contributed by atoms with E-state index in [1.54, 1.807) is 42.5 Å². The zero-order valence-electron chi connectivity index (χ0n) is 20.3. The summed E-state index contributed by atoms with van der Waals surface area (Å²) in [4.78, 5) is 25.4. The standard InChI is InChI=1S/C28H27F2N3O4/c1-2-26(12-7-4-8-13-26)37-25(36)32-23-22(30)18-31-33(23)28(27(15-16-27)24(34)35)14-11-20(21(29)17-28)19-9-5-3-6-10-19/h3-12,14,18H,2,13,15-17H2,1H3,(H,32,36)(H,34,35)/t26?,28-/m0/s1. The van der Waals surface area contributed by atoms with Gasteiger partial charge in [0, 0.05) is 18.4 Å². The summed E-state index contributed by atoms with van der Waals surface area (Å²) in [6, 6.07) is 8.88. The highest BCUT2D eigenvalue weighted by molar-refractivity contribution is 5.86. The van der Waals surface area contributed by atoms with E-state index in [0.717, 1.165) is 10.9 Å². The normalized spacial score (nSPS) is 25.7. The molecule has 9 heteroatoms. The Kier molecular flexibility index (Phi) is 6.09. The summed E-state index contributed by atoms with van der Waals surface area (Å²) >= 11 is 0. The van der Waals surface area contributed by atoms with Crippen molar-refractivity contribution in [3.63, 3.8) is 0 Å². The van der Waals surface area contributed by atoms with Crippen LogP contribution in [0, 0.1) is 11.2 Å². The molecule has 3 aliphatic rings. The summed E-state index contributed by atoms with van der Waals surface area (Å²) in [5.41, 5.74) is -2.92. The number of rotatable bonds is 7. The van der Waals surface area contributed by atoms with Crippen molar-refractivity contribution in [3.8, 4) is 0 Å². The largest absolute Gasteiger partial charge is 0.481 e. The maximum Gasteiger partial charge on any atom is 0.413 e. The van der Waals surface area contributed by atoms with Crippen molar-refractivity contribution in [2.45, 2.75) is 50.2 Å². The molecule has 0 spiro atoms. The quantitative estimate of drug-likeness (QED) is 0.470. The molecule has 2 N–H and O–H groups in total. The van der Waals surface area contributed by atoms with Crippen LogP contribution >= 0.6 is 0 Å². The van der Waals surface area contributed by atoms with Crippen LogP contribution in [0.15, 0.2) is 78.8 Å². The van der Waals surface area contributed by atoms with Gasteiger partial charge in [-0.2, -0.15) is 5.10 Å². The van der Waals surface area contributed by atoms with E-state index in [-0.39, 0.29) is 25.1 Å². The van der Waals surface area contributed by atoms with Gasteiger partial charge >= 0.3 is 12.1 Å². The lowest BCUT2D eigenvalue weighted by Gasteiger charge is -2.40. The number of anilines is 1. The number of nitrogens with one attached hydrogen (secondary N) is 1. The summed E-state index contributed by atoms with van der Waals surface area (Å²) in [6.07, 6.45) is 11.4. The van der Waals surface area contributed by atoms with Gasteiger partial charge in [-0.1, -0.05) is 67.6 Å². The molecule has 0 radical (unpaired) electrons. The Labute approximate surface area is 212 Å². The van der Waals surface area contributed by atoms with Gasteiger partial charge in [0.15, 0.2) is 11.6 Å². The fourth-order valence-electron chi connectivity index (χ4n) is 5.31. The van der Waals surface area contributed by atoms with Crippen LogP contribution in [-0.2, 0) is 15.1 Å². The van der Waals surface area contributed by atoms with Gasteiger partial charge in [0.2, 0.25) is 0 Å². The third-order valence-electron chi connectivity index (χ3n) is 7.64. The van der Waals surface area contributed by atoms with Gasteiger partial charge in [-0.3, -0.25) is 10.1 Å². The molecule has 3 aliphatic carbocycles. The zero-order valence-corrected chi connectivity index (χ0v) is 20.3. The Morgan fingerprint density at radius 1 is 1.16 bits per heavy atom. The highest BCUT2D eigenvalue weighted by atomic mass is 19.1. The van der Waals surface area contributed by atoms with Crippen LogP contribution in [0.2, 0.25) is 0 Å². The van der Waals surface area contributed by atoms with E-state index < -0.39 is 40.3 Å². The van der Waals surface area contributed by atoms with E-state index in [1.165, 1.54) is 6.08 Å². The summed E-state index contributed by atoms with van der Waals surface area (Å²) in [5, 5.41) is 16.7. The molecule has 1 saturated carbocycles. The van der Waals surface area contributed by atoms with Crippen molar-refractivity contribution in [1.82, 2.24) is 9.78 Å². The fourth-order valence-corrected chi connectivity index (χ4v) is 5.31. The highest BCUT2D eigenvalue weighted by Gasteiger charge is 2.67. The van der Waals surface area contributed by atoms with E-state index in [1.807, 2.05) is 25.1 Å². The first-order valence-electron chi connectivity index (χ1n) is 12.2. The second-order valence-electron chi connectivity index (χ2n) is 9.68. The molecule has 0 saturated heterocycles. The van der Waals surface area contributed by atoms with Gasteiger partial charge in [0.25, 0.3) is 0 Å². The average molecular weight is 508 g/mol. The molecule has 192 valence electrons. The number of halogens is 2. The minimum absolute atomic E-state index is 0.252. The molecule has 2 atom stereocenters. The molecule has 0 aliphatic heterocycles. The number of aromatic nitrogens is 2. The number of hydrogen-bond acceptors (Lipinski definition) is 4. The Bertz CT molecular complexity index is 1360. The molecule has 1 aromatic heterocycles. The van der Waals surface area contributed by atoms with Crippen molar-refractivity contribution >= 4 is 23.5 Å². The van der Waals surface area contributed by atoms with Gasteiger partial charge in [-0.25, -0.2) is 18.3 Å². The molecule has 5 rings (SSSR count). The number of benzene rings is 1. The van der Waals surface area contributed by atoms with Gasteiger partial charge in [0.1, 0.15) is 17.0 Å². The SMILES string of the molecule is CCC1(OC(=O)Nc2c(F)cnn2[C@@]2(C3(C(=O)O)CC3)C=CC(c3ccccc3)=C(F)C2)C=CC=CC1. The molecule has 2 aromatic rings. The number of carboxylic acids is 1. The van der Waals surface area contributed by atoms with E-state index in [4.69, 9.17) is 4.74 Å². The average Bonchev–Trinajstić information content (AvgIpc) is 3.65. The Morgan fingerprint density at radius 3 is 2.51 bits per heavy atom. The summed E-state index contributed by atoms with van der Waals surface area (Å²) < 4.78 is 37.5. The Hall–Kier alpha value is -4.01. The van der Waals surface area contributed by atoms with Gasteiger partial charge in [-0.15, -0.1) is 0 Å². The van der Waals surface area contributed by atoms with Crippen molar-refractivity contribution in [2.75, 3.05) is 5.32 Å². The van der Waals surface area contributed by atoms with Crippen LogP contribution in [0.4, 0.5) is 19.4 Å². The number of hydrogen-bond donors (Lipinski definition) is 2. The number of carboxylic acid groups (broad SMARTS) is 1. The highest BCUT2D eigenvalue weighted by Crippen LogP contribution is 2.62. The van der Waals surface area contributed by atoms with E-state index in [0.29, 0.717) is 24.0 Å². The topological polar surface area (TPSA) is 93.5 Å². The third kappa shape index (κ3) is 4.08. The molecule has 0 bridgehead atoms. The molecule has 1 aromatic carbocycles. The number of carbonyl (C=O) groups excluding carboxylic acids is 1. The van der Waals surface area contributed by atoms with Crippen LogP contribution in [0.1, 0.15) is 44.6 Å². The molecule has 1 heterocycles. The van der Waals surface area contributed by atoms with Crippen LogP contribution in [-0.4, -0.2) is 32.6 Å². The van der Waals surface area contributed by atoms with Crippen LogP contribution in [0.5, 0.6) is 0 Å². The molecular formula is C28H27F2N3O4. The lowest BCUT2D eigenvalue weighted by molar-refractivity contribution is -0.147. The van der Waals surface area contributed by atoms with Crippen molar-refractivity contribution in [3.05, 3.63) is 90.2 Å². The van der Waals surface area contributed by atoms with Gasteiger partial charge < -0.3 is 9.84 Å². The lowest BCUT2D eigenvalue weighted by atomic mass is 9.73. The van der Waals surface area contributed by atoms with Crippen molar-refractivity contribution in [2.24, 2.45) is 5.41 Å². The van der Waals surface area contributed by atoms with Crippen LogP contribution in [0.3, 0.4) is 0 Å². The predicted octanol–water partition coefficient (Wildman–Crippen LogP) is 6.14. The molecular weight excluding hydrogens is 480 g/mol. The number of carbonyl (C=O) groups is 2. The summed E-state index contributed by atoms with van der Waals surface area (Å²) in [5.74, 6) is -2.94. The smallest absolute Gasteiger partial charge is 0.413 e. The second-order valence-corrected chi connectivity index (χ2v) is 9.68. The van der Waals surface area contributed by atoms with Crippen molar-refractivity contribution in [1.29, 1.82) is 0 Å². The summed E-state index contributed by atoms with van der Waals surface area (Å²) in [7, 11) is 0. The first kappa shape index (κ1) is 24.7. The molecule has 1 unspecified atom stereocenters. The minimum atomic E-state index is -1.58. The van der Waals surface area contributed by atoms with Crippen LogP contribution < -0.4 is 5.32 Å². The maximum absolute atomic E-state index is 15.7. The fraction of sp³-hybridized carbons (Fsp3) is 0.321. The maximum atomic E-state index is 15.7. The number of allylic oxidation sites excluding steroid dienone is 6. The van der Waals surface area contributed by atoms with Gasteiger partial charge in [-0.05, 0) is 30.9 Å². The third-order valence-corrected chi connectivity index (χ3v) is 7.64. The van der Waals surface area contributed by atoms with Crippen molar-refractivity contribution < 1.29 is 28.2 Å². The molecule has 37 heavy (non-hydrogen) atoms. The molecule has 7 nitrogen and oxygen atoms in total. The van der Waals surface area contributed by atoms with E-state index in [9.17, 15) is 14.7 Å². The lowest BCUT2D eigenvalue weighted by Crippen LogP contribution is -2.48. The van der Waals surface area contributed by atoms with E-state index >= 15 is 8.78 Å². The Balaban J connectivity index is 1.52. The number of ether oxygens (including phenoxy) is 1. The first-order chi connectivity index (χ1) is 17.8. The summed E-state index contributed by atoms with van der Waals surface area (Å²) in [6.45, 7) is 1.87.